The van der Waals surface area contributed by atoms with Crippen molar-refractivity contribution in [3.05, 3.63) is 36.7 Å². The van der Waals surface area contributed by atoms with Crippen LogP contribution < -0.4 is 4.90 Å². The first-order valence-corrected chi connectivity index (χ1v) is 5.73. The molecule has 1 aliphatic heterocycles. The molecular weight excluding hydrogens is 216 g/mol. The molecule has 1 aromatic carbocycles. The Morgan fingerprint density at radius 3 is 2.59 bits per heavy atom. The van der Waals surface area contributed by atoms with E-state index in [1.165, 1.54) is 0 Å². The zero-order valence-electron chi connectivity index (χ0n) is 9.49. The van der Waals surface area contributed by atoms with Crippen LogP contribution in [0.2, 0.25) is 0 Å². The van der Waals surface area contributed by atoms with Crippen LogP contribution in [-0.4, -0.2) is 41.1 Å². The average molecular weight is 230 g/mol. The lowest BCUT2D eigenvalue weighted by atomic mass is 10.3. The van der Waals surface area contributed by atoms with Gasteiger partial charge < -0.3 is 9.64 Å². The third kappa shape index (κ3) is 2.14. The molecule has 0 bridgehead atoms. The lowest BCUT2D eigenvalue weighted by Crippen LogP contribution is -2.37. The normalized spacial score (nSPS) is 16.1. The maximum atomic E-state index is 5.31. The van der Waals surface area contributed by atoms with Gasteiger partial charge in [0.25, 0.3) is 0 Å². The zero-order chi connectivity index (χ0) is 11.5. The molecule has 1 aliphatic rings. The Bertz CT molecular complexity index is 476. The number of rotatable bonds is 2. The third-order valence-corrected chi connectivity index (χ3v) is 2.79. The number of para-hydroxylation sites is 1. The molecule has 2 aromatic rings. The molecule has 1 saturated heterocycles. The monoisotopic (exact) mass is 230 g/mol. The molecule has 0 spiro atoms. The van der Waals surface area contributed by atoms with Gasteiger partial charge in [-0.3, -0.25) is 0 Å². The summed E-state index contributed by atoms with van der Waals surface area (Å²) in [5, 5.41) is 4.48. The summed E-state index contributed by atoms with van der Waals surface area (Å²) in [6.07, 6.45) is 1.75. The molecule has 5 nitrogen and oxygen atoms in total. The van der Waals surface area contributed by atoms with Gasteiger partial charge in [0.2, 0.25) is 5.95 Å². The molecule has 0 amide bonds. The van der Waals surface area contributed by atoms with Gasteiger partial charge in [-0.15, -0.1) is 5.10 Å². The van der Waals surface area contributed by atoms with Gasteiger partial charge in [0.1, 0.15) is 6.33 Å². The molecule has 0 saturated carbocycles. The van der Waals surface area contributed by atoms with Crippen LogP contribution in [0.1, 0.15) is 0 Å². The van der Waals surface area contributed by atoms with Crippen molar-refractivity contribution in [2.75, 3.05) is 31.2 Å². The fourth-order valence-electron chi connectivity index (χ4n) is 1.87. The quantitative estimate of drug-likeness (QED) is 0.775. The van der Waals surface area contributed by atoms with E-state index in [9.17, 15) is 0 Å². The van der Waals surface area contributed by atoms with Crippen LogP contribution in [0.3, 0.4) is 0 Å². The van der Waals surface area contributed by atoms with Gasteiger partial charge in [-0.25, -0.2) is 4.68 Å². The number of nitrogens with zero attached hydrogens (tertiary/aromatic N) is 4. The Morgan fingerprint density at radius 2 is 1.82 bits per heavy atom. The summed E-state index contributed by atoms with van der Waals surface area (Å²) < 4.78 is 7.11. The summed E-state index contributed by atoms with van der Waals surface area (Å²) in [6, 6.07) is 10.00. The molecule has 0 radical (unpaired) electrons. The molecule has 0 N–H and O–H groups in total. The number of anilines is 1. The van der Waals surface area contributed by atoms with Crippen molar-refractivity contribution in [3.63, 3.8) is 0 Å². The first-order valence-electron chi connectivity index (χ1n) is 5.73. The highest BCUT2D eigenvalue weighted by molar-refractivity contribution is 5.34. The van der Waals surface area contributed by atoms with Gasteiger partial charge in [-0.05, 0) is 12.1 Å². The molecule has 0 aliphatic carbocycles. The van der Waals surface area contributed by atoms with E-state index in [0.29, 0.717) is 0 Å². The van der Waals surface area contributed by atoms with Crippen LogP contribution in [0, 0.1) is 0 Å². The molecule has 1 fully saturated rings. The van der Waals surface area contributed by atoms with E-state index in [2.05, 4.69) is 15.0 Å². The zero-order valence-corrected chi connectivity index (χ0v) is 9.49. The predicted molar refractivity (Wildman–Crippen MR) is 64.4 cm³/mol. The molecule has 3 rings (SSSR count). The van der Waals surface area contributed by atoms with E-state index in [0.717, 1.165) is 37.9 Å². The van der Waals surface area contributed by atoms with E-state index in [4.69, 9.17) is 4.74 Å². The second-order valence-electron chi connectivity index (χ2n) is 3.92. The highest BCUT2D eigenvalue weighted by atomic mass is 16.5. The van der Waals surface area contributed by atoms with Crippen LogP contribution in [0.5, 0.6) is 0 Å². The molecule has 1 aromatic heterocycles. The van der Waals surface area contributed by atoms with Gasteiger partial charge in [0.15, 0.2) is 0 Å². The summed E-state index contributed by atoms with van der Waals surface area (Å²) in [5.41, 5.74) is 1.03. The number of hydrogen-bond acceptors (Lipinski definition) is 4. The van der Waals surface area contributed by atoms with E-state index >= 15 is 0 Å². The SMILES string of the molecule is c1ccc(-n2cnc(N3CCOCC3)n2)cc1. The maximum Gasteiger partial charge on any atom is 0.245 e. The van der Waals surface area contributed by atoms with Gasteiger partial charge in [-0.1, -0.05) is 18.2 Å². The molecular formula is C12H14N4O. The van der Waals surface area contributed by atoms with Gasteiger partial charge in [0, 0.05) is 13.1 Å². The Labute approximate surface area is 99.6 Å². The Balaban J connectivity index is 1.83. The number of hydrogen-bond donors (Lipinski definition) is 0. The highest BCUT2D eigenvalue weighted by Crippen LogP contribution is 2.11. The molecule has 0 unspecified atom stereocenters. The number of benzene rings is 1. The summed E-state index contributed by atoms with van der Waals surface area (Å²) >= 11 is 0. The number of morpholine rings is 1. The van der Waals surface area contributed by atoms with Crippen LogP contribution in [-0.2, 0) is 4.74 Å². The fraction of sp³-hybridized carbons (Fsp3) is 0.333. The second-order valence-corrected chi connectivity index (χ2v) is 3.92. The van der Waals surface area contributed by atoms with Crippen molar-refractivity contribution in [2.45, 2.75) is 0 Å². The lowest BCUT2D eigenvalue weighted by Gasteiger charge is -2.25. The highest BCUT2D eigenvalue weighted by Gasteiger charge is 2.15. The summed E-state index contributed by atoms with van der Waals surface area (Å²) in [4.78, 5) is 6.48. The first-order chi connectivity index (χ1) is 8.43. The lowest BCUT2D eigenvalue weighted by molar-refractivity contribution is 0.122. The molecule has 17 heavy (non-hydrogen) atoms. The minimum absolute atomic E-state index is 0.750. The van der Waals surface area contributed by atoms with Crippen molar-refractivity contribution in [1.82, 2.24) is 14.8 Å². The Kier molecular flexibility index (Phi) is 2.75. The molecule has 5 heteroatoms. The van der Waals surface area contributed by atoms with Gasteiger partial charge in [0.05, 0.1) is 18.9 Å². The molecule has 0 atom stereocenters. The average Bonchev–Trinajstić information content (AvgIpc) is 2.90. The van der Waals surface area contributed by atoms with E-state index in [1.807, 2.05) is 30.3 Å². The van der Waals surface area contributed by atoms with E-state index in [-0.39, 0.29) is 0 Å². The van der Waals surface area contributed by atoms with Crippen molar-refractivity contribution in [2.24, 2.45) is 0 Å². The Hall–Kier alpha value is -1.88. The van der Waals surface area contributed by atoms with E-state index < -0.39 is 0 Å². The third-order valence-electron chi connectivity index (χ3n) is 2.79. The smallest absolute Gasteiger partial charge is 0.245 e. The predicted octanol–water partition coefficient (Wildman–Crippen LogP) is 1.10. The van der Waals surface area contributed by atoms with Crippen LogP contribution in [0.4, 0.5) is 5.95 Å². The topological polar surface area (TPSA) is 43.2 Å². The largest absolute Gasteiger partial charge is 0.378 e. The summed E-state index contributed by atoms with van der Waals surface area (Å²) in [5.74, 6) is 0.775. The minimum atomic E-state index is 0.750. The molecule has 88 valence electrons. The van der Waals surface area contributed by atoms with Crippen molar-refractivity contribution >= 4 is 5.95 Å². The standard InChI is InChI=1S/C12H14N4O/c1-2-4-11(5-3-1)16-10-13-12(14-16)15-6-8-17-9-7-15/h1-5,10H,6-9H2. The van der Waals surface area contributed by atoms with Gasteiger partial charge >= 0.3 is 0 Å². The van der Waals surface area contributed by atoms with Crippen molar-refractivity contribution in [3.8, 4) is 5.69 Å². The van der Waals surface area contributed by atoms with Crippen molar-refractivity contribution in [1.29, 1.82) is 0 Å². The van der Waals surface area contributed by atoms with Gasteiger partial charge in [-0.2, -0.15) is 4.98 Å². The first kappa shape index (κ1) is 10.3. The second kappa shape index (κ2) is 4.55. The maximum absolute atomic E-state index is 5.31. The fourth-order valence-corrected chi connectivity index (χ4v) is 1.87. The number of aromatic nitrogens is 3. The molecule has 2 heterocycles. The summed E-state index contributed by atoms with van der Waals surface area (Å²) in [7, 11) is 0. The number of ether oxygens (including phenoxy) is 1. The van der Waals surface area contributed by atoms with Crippen LogP contribution in [0.25, 0.3) is 5.69 Å². The van der Waals surface area contributed by atoms with E-state index in [1.54, 1.807) is 11.0 Å². The van der Waals surface area contributed by atoms with Crippen molar-refractivity contribution < 1.29 is 4.74 Å². The van der Waals surface area contributed by atoms with Crippen LogP contribution >= 0.6 is 0 Å². The Morgan fingerprint density at radius 1 is 1.06 bits per heavy atom. The minimum Gasteiger partial charge on any atom is -0.378 e. The van der Waals surface area contributed by atoms with Crippen LogP contribution in [0.15, 0.2) is 36.7 Å². The summed E-state index contributed by atoms with van der Waals surface area (Å²) in [6.45, 7) is 3.22.